The smallest absolute Gasteiger partial charge is 0.246 e. The van der Waals surface area contributed by atoms with E-state index in [1.54, 1.807) is 5.48 Å². The second kappa shape index (κ2) is 6.51. The number of nitrogens with one attached hydrogen (secondary N) is 1. The summed E-state index contributed by atoms with van der Waals surface area (Å²) in [6.45, 7) is 0. The normalized spacial score (nSPS) is 16.9. The van der Waals surface area contributed by atoms with Crippen molar-refractivity contribution in [3.05, 3.63) is 69.7 Å². The SMILES string of the molecule is O=C(NO)C1CCc2ccc(Cc3cccc(Cl)c3)cc2C1. The molecule has 3 nitrogen and oxygen atoms in total. The van der Waals surface area contributed by atoms with Gasteiger partial charge in [0.25, 0.3) is 0 Å². The molecule has 0 spiro atoms. The Morgan fingerprint density at radius 3 is 2.77 bits per heavy atom. The Labute approximate surface area is 134 Å². The molecule has 0 heterocycles. The van der Waals surface area contributed by atoms with E-state index in [2.05, 4.69) is 24.3 Å². The lowest BCUT2D eigenvalue weighted by atomic mass is 9.82. The van der Waals surface area contributed by atoms with E-state index in [-0.39, 0.29) is 11.8 Å². The number of halogens is 1. The molecule has 3 rings (SSSR count). The zero-order valence-electron chi connectivity index (χ0n) is 12.2. The van der Waals surface area contributed by atoms with Crippen molar-refractivity contribution in [1.82, 2.24) is 5.48 Å². The second-order valence-electron chi connectivity index (χ2n) is 5.83. The van der Waals surface area contributed by atoms with E-state index in [1.165, 1.54) is 22.3 Å². The Balaban J connectivity index is 1.80. The van der Waals surface area contributed by atoms with E-state index >= 15 is 0 Å². The van der Waals surface area contributed by atoms with Gasteiger partial charge in [0.2, 0.25) is 5.91 Å². The maximum atomic E-state index is 11.6. The monoisotopic (exact) mass is 315 g/mol. The molecule has 2 aromatic rings. The number of fused-ring (bicyclic) bond motifs is 1. The van der Waals surface area contributed by atoms with Crippen molar-refractivity contribution in [1.29, 1.82) is 0 Å². The largest absolute Gasteiger partial charge is 0.289 e. The van der Waals surface area contributed by atoms with Crippen LogP contribution in [0.4, 0.5) is 0 Å². The Morgan fingerprint density at radius 1 is 1.18 bits per heavy atom. The highest BCUT2D eigenvalue weighted by Gasteiger charge is 2.24. The maximum Gasteiger partial charge on any atom is 0.246 e. The molecule has 2 aromatic carbocycles. The number of carbonyl (C=O) groups is 1. The van der Waals surface area contributed by atoms with E-state index in [4.69, 9.17) is 16.8 Å². The van der Waals surface area contributed by atoms with E-state index in [0.29, 0.717) is 6.42 Å². The van der Waals surface area contributed by atoms with Crippen LogP contribution >= 0.6 is 11.6 Å². The minimum atomic E-state index is -0.286. The van der Waals surface area contributed by atoms with Crippen LogP contribution in [0, 0.1) is 5.92 Å². The summed E-state index contributed by atoms with van der Waals surface area (Å²) in [6, 6.07) is 14.3. The number of hydrogen-bond donors (Lipinski definition) is 2. The van der Waals surface area contributed by atoms with E-state index in [1.807, 2.05) is 18.2 Å². The molecule has 0 fully saturated rings. The van der Waals surface area contributed by atoms with Crippen LogP contribution in [0.15, 0.2) is 42.5 Å². The first-order valence-electron chi connectivity index (χ1n) is 7.45. The average molecular weight is 316 g/mol. The van der Waals surface area contributed by atoms with Crippen molar-refractivity contribution < 1.29 is 10.0 Å². The van der Waals surface area contributed by atoms with Gasteiger partial charge in [-0.1, -0.05) is 41.9 Å². The van der Waals surface area contributed by atoms with Crippen LogP contribution < -0.4 is 5.48 Å². The van der Waals surface area contributed by atoms with Crippen LogP contribution in [0.25, 0.3) is 0 Å². The quantitative estimate of drug-likeness (QED) is 0.672. The number of rotatable bonds is 3. The van der Waals surface area contributed by atoms with Crippen molar-refractivity contribution >= 4 is 17.5 Å². The molecule has 0 saturated carbocycles. The molecule has 0 bridgehead atoms. The second-order valence-corrected chi connectivity index (χ2v) is 6.26. The summed E-state index contributed by atoms with van der Waals surface area (Å²) in [5.74, 6) is -0.426. The summed E-state index contributed by atoms with van der Waals surface area (Å²) < 4.78 is 0. The van der Waals surface area contributed by atoms with Crippen LogP contribution in [0.2, 0.25) is 5.02 Å². The fourth-order valence-electron chi connectivity index (χ4n) is 3.12. The highest BCUT2D eigenvalue weighted by Crippen LogP contribution is 2.27. The van der Waals surface area contributed by atoms with Crippen LogP contribution in [0.3, 0.4) is 0 Å². The predicted octanol–water partition coefficient (Wildman–Crippen LogP) is 3.54. The molecule has 22 heavy (non-hydrogen) atoms. The molecule has 1 atom stereocenters. The number of aryl methyl sites for hydroxylation is 1. The van der Waals surface area contributed by atoms with Crippen molar-refractivity contribution in [3.63, 3.8) is 0 Å². The van der Waals surface area contributed by atoms with Crippen LogP contribution in [0.1, 0.15) is 28.7 Å². The molecule has 1 aliphatic carbocycles. The fraction of sp³-hybridized carbons (Fsp3) is 0.278. The van der Waals surface area contributed by atoms with Crippen LogP contribution in [-0.4, -0.2) is 11.1 Å². The third-order valence-electron chi connectivity index (χ3n) is 4.28. The standard InChI is InChI=1S/C18H18ClNO2/c19-17-3-1-2-12(10-17)8-13-4-5-14-6-7-15(18(21)20-22)11-16(14)9-13/h1-5,9-10,15,22H,6-8,11H2,(H,20,21). The lowest BCUT2D eigenvalue weighted by molar-refractivity contribution is -0.133. The van der Waals surface area contributed by atoms with Gasteiger partial charge in [-0.3, -0.25) is 10.0 Å². The zero-order chi connectivity index (χ0) is 15.5. The summed E-state index contributed by atoms with van der Waals surface area (Å²) in [4.78, 5) is 11.6. The molecule has 1 amide bonds. The molecule has 2 N–H and O–H groups in total. The summed E-state index contributed by atoms with van der Waals surface area (Å²) >= 11 is 6.03. The first-order valence-corrected chi connectivity index (χ1v) is 7.82. The summed E-state index contributed by atoms with van der Waals surface area (Å²) in [7, 11) is 0. The van der Waals surface area contributed by atoms with Gasteiger partial charge in [0, 0.05) is 10.9 Å². The van der Waals surface area contributed by atoms with Crippen molar-refractivity contribution in [3.8, 4) is 0 Å². The van der Waals surface area contributed by atoms with E-state index in [9.17, 15) is 4.79 Å². The van der Waals surface area contributed by atoms with Gasteiger partial charge in [-0.2, -0.15) is 0 Å². The lowest BCUT2D eigenvalue weighted by Crippen LogP contribution is -2.31. The number of carbonyl (C=O) groups excluding carboxylic acids is 1. The molecule has 1 unspecified atom stereocenters. The van der Waals surface area contributed by atoms with Gasteiger partial charge in [0.05, 0.1) is 0 Å². The maximum absolute atomic E-state index is 11.6. The first kappa shape index (κ1) is 15.1. The van der Waals surface area contributed by atoms with Crippen molar-refractivity contribution in [2.45, 2.75) is 25.7 Å². The summed E-state index contributed by atoms with van der Waals surface area (Å²) in [5, 5.41) is 9.54. The van der Waals surface area contributed by atoms with Gasteiger partial charge in [-0.15, -0.1) is 0 Å². The van der Waals surface area contributed by atoms with Crippen molar-refractivity contribution in [2.75, 3.05) is 0 Å². The number of hydrogen-bond acceptors (Lipinski definition) is 2. The Hall–Kier alpha value is -1.84. The minimum Gasteiger partial charge on any atom is -0.289 e. The molecule has 1 aliphatic rings. The zero-order valence-corrected chi connectivity index (χ0v) is 12.9. The molecule has 0 aromatic heterocycles. The Morgan fingerprint density at radius 2 is 2.00 bits per heavy atom. The van der Waals surface area contributed by atoms with E-state index in [0.717, 1.165) is 24.3 Å². The Kier molecular flexibility index (Phi) is 4.46. The first-order chi connectivity index (χ1) is 10.7. The van der Waals surface area contributed by atoms with E-state index < -0.39 is 0 Å². The van der Waals surface area contributed by atoms with Gasteiger partial charge in [-0.05, 0) is 60.1 Å². The molecule has 114 valence electrons. The fourth-order valence-corrected chi connectivity index (χ4v) is 3.33. The molecule has 0 saturated heterocycles. The van der Waals surface area contributed by atoms with Gasteiger partial charge >= 0.3 is 0 Å². The van der Waals surface area contributed by atoms with Crippen LogP contribution in [-0.2, 0) is 24.1 Å². The molecule has 0 aliphatic heterocycles. The Bertz CT molecular complexity index is 699. The third kappa shape index (κ3) is 3.32. The van der Waals surface area contributed by atoms with Crippen LogP contribution in [0.5, 0.6) is 0 Å². The topological polar surface area (TPSA) is 49.3 Å². The van der Waals surface area contributed by atoms with Gasteiger partial charge in [0.15, 0.2) is 0 Å². The number of amides is 1. The third-order valence-corrected chi connectivity index (χ3v) is 4.51. The van der Waals surface area contributed by atoms with Gasteiger partial charge < -0.3 is 0 Å². The van der Waals surface area contributed by atoms with Gasteiger partial charge in [-0.25, -0.2) is 5.48 Å². The highest BCUT2D eigenvalue weighted by atomic mass is 35.5. The summed E-state index contributed by atoms with van der Waals surface area (Å²) in [6.07, 6.45) is 3.17. The number of hydroxylamine groups is 1. The summed E-state index contributed by atoms with van der Waals surface area (Å²) in [5.41, 5.74) is 6.67. The molecule has 0 radical (unpaired) electrons. The minimum absolute atomic E-state index is 0.140. The molecule has 4 heteroatoms. The average Bonchev–Trinajstić information content (AvgIpc) is 2.53. The molecular formula is C18H18ClNO2. The lowest BCUT2D eigenvalue weighted by Gasteiger charge is -2.23. The van der Waals surface area contributed by atoms with Crippen molar-refractivity contribution in [2.24, 2.45) is 5.92 Å². The number of benzene rings is 2. The predicted molar refractivity (Wildman–Crippen MR) is 86.1 cm³/mol. The molecular weight excluding hydrogens is 298 g/mol. The highest BCUT2D eigenvalue weighted by molar-refractivity contribution is 6.30. The van der Waals surface area contributed by atoms with Gasteiger partial charge in [0.1, 0.15) is 0 Å².